The molecule has 1 aliphatic heterocycles. The molecule has 4 unspecified atom stereocenters. The first kappa shape index (κ1) is 14.4. The Labute approximate surface area is 112 Å². The van der Waals surface area contributed by atoms with Crippen molar-refractivity contribution in [1.29, 1.82) is 0 Å². The highest BCUT2D eigenvalue weighted by Gasteiger charge is 2.36. The number of hydrogen-bond donors (Lipinski definition) is 0. The number of carbonyl (C=O) groups excluding carboxylic acids is 2. The Morgan fingerprint density at radius 2 is 2.22 bits per heavy atom. The highest BCUT2D eigenvalue weighted by atomic mass is 32.6. The number of aromatic nitrogens is 3. The third kappa shape index (κ3) is 2.49. The lowest BCUT2D eigenvalue weighted by molar-refractivity contribution is -0.128. The molecule has 1 aromatic heterocycles. The highest BCUT2D eigenvalue weighted by molar-refractivity contribution is 8.60. The molecule has 4 atom stereocenters. The van der Waals surface area contributed by atoms with E-state index >= 15 is 0 Å². The SMILES string of the molecule is CCCN1C(=O)Cc2nnn(P(P)PP)c2C1=O. The minimum Gasteiger partial charge on any atom is -0.277 e. The van der Waals surface area contributed by atoms with E-state index in [9.17, 15) is 9.59 Å². The standard InChI is InChI=1S/C8H14N4O2P4/c1-2-3-11-6(13)4-5-7(8(11)14)12(10-9-5)18(16)17-15/h17H,2-4,15-16H2,1H3. The van der Waals surface area contributed by atoms with Crippen molar-refractivity contribution < 1.29 is 9.59 Å². The van der Waals surface area contributed by atoms with Gasteiger partial charge in [0.1, 0.15) is 5.69 Å². The zero-order valence-electron chi connectivity index (χ0n) is 9.83. The normalized spacial score (nSPS) is 17.6. The van der Waals surface area contributed by atoms with Crippen LogP contribution in [-0.4, -0.2) is 38.0 Å². The Kier molecular flexibility index (Phi) is 4.78. The molecule has 0 radical (unpaired) electrons. The lowest BCUT2D eigenvalue weighted by atomic mass is 10.1. The van der Waals surface area contributed by atoms with E-state index in [1.165, 1.54) is 4.90 Å². The van der Waals surface area contributed by atoms with Crippen LogP contribution in [-0.2, 0) is 11.2 Å². The summed E-state index contributed by atoms with van der Waals surface area (Å²) >= 11 is 0. The zero-order valence-corrected chi connectivity index (χ0v) is 14.0. The van der Waals surface area contributed by atoms with Crippen molar-refractivity contribution >= 4 is 45.1 Å². The van der Waals surface area contributed by atoms with E-state index in [0.717, 1.165) is 6.42 Å². The number of hydrogen-bond acceptors (Lipinski definition) is 4. The van der Waals surface area contributed by atoms with Gasteiger partial charge in [-0.2, -0.15) is 0 Å². The maximum absolute atomic E-state index is 12.3. The molecule has 2 amide bonds. The summed E-state index contributed by atoms with van der Waals surface area (Å²) in [6, 6.07) is 0. The largest absolute Gasteiger partial charge is 0.281 e. The Balaban J connectivity index is 2.41. The lowest BCUT2D eigenvalue weighted by Crippen LogP contribution is -2.43. The van der Waals surface area contributed by atoms with Gasteiger partial charge in [0.15, 0.2) is 5.69 Å². The van der Waals surface area contributed by atoms with Crippen LogP contribution < -0.4 is 0 Å². The second-order valence-electron chi connectivity index (χ2n) is 3.78. The first-order valence-electron chi connectivity index (χ1n) is 5.40. The van der Waals surface area contributed by atoms with E-state index in [1.54, 1.807) is 4.45 Å². The van der Waals surface area contributed by atoms with Crippen molar-refractivity contribution in [3.8, 4) is 0 Å². The number of nitrogens with zero attached hydrogens (tertiary/aromatic N) is 4. The van der Waals surface area contributed by atoms with Crippen LogP contribution in [0.4, 0.5) is 0 Å². The molecule has 2 heterocycles. The zero-order chi connectivity index (χ0) is 13.3. The first-order chi connectivity index (χ1) is 8.60. The summed E-state index contributed by atoms with van der Waals surface area (Å²) in [6.07, 6.45) is 0.935. The fourth-order valence-electron chi connectivity index (χ4n) is 1.77. The monoisotopic (exact) mass is 322 g/mol. The Morgan fingerprint density at radius 3 is 2.83 bits per heavy atom. The van der Waals surface area contributed by atoms with E-state index in [0.29, 0.717) is 25.9 Å². The molecule has 10 heteroatoms. The third-order valence-corrected chi connectivity index (χ3v) is 12.0. The minimum absolute atomic E-state index is 0.175. The van der Waals surface area contributed by atoms with E-state index in [2.05, 4.69) is 28.2 Å². The molecule has 2 rings (SSSR count). The van der Waals surface area contributed by atoms with Crippen LogP contribution >= 0.6 is 33.3 Å². The summed E-state index contributed by atoms with van der Waals surface area (Å²) in [5.74, 6) is -0.436. The molecule has 0 aliphatic carbocycles. The predicted molar refractivity (Wildman–Crippen MR) is 80.1 cm³/mol. The summed E-state index contributed by atoms with van der Waals surface area (Å²) in [5.41, 5.74) is 0.995. The molecule has 6 nitrogen and oxygen atoms in total. The van der Waals surface area contributed by atoms with Crippen molar-refractivity contribution in [2.24, 2.45) is 0 Å². The molecule has 0 saturated carbocycles. The maximum Gasteiger partial charge on any atom is 0.281 e. The molecule has 0 N–H and O–H groups in total. The average molecular weight is 322 g/mol. The van der Waals surface area contributed by atoms with Gasteiger partial charge < -0.3 is 0 Å². The number of carbonyl (C=O) groups is 2. The van der Waals surface area contributed by atoms with Crippen LogP contribution in [0, 0.1) is 0 Å². The molecular weight excluding hydrogens is 308 g/mol. The minimum atomic E-state index is -0.629. The molecule has 0 spiro atoms. The van der Waals surface area contributed by atoms with E-state index < -0.39 is 7.45 Å². The van der Waals surface area contributed by atoms with Crippen LogP contribution in [0.15, 0.2) is 0 Å². The number of imide groups is 1. The van der Waals surface area contributed by atoms with Crippen molar-refractivity contribution in [3.05, 3.63) is 11.4 Å². The Hall–Kier alpha value is -0.000000000000000111. The van der Waals surface area contributed by atoms with Crippen LogP contribution in [0.3, 0.4) is 0 Å². The summed E-state index contributed by atoms with van der Waals surface area (Å²) < 4.78 is 1.66. The number of amides is 2. The molecular formula is C8H14N4O2P4. The molecule has 0 aromatic carbocycles. The van der Waals surface area contributed by atoms with Crippen LogP contribution in [0.25, 0.3) is 0 Å². The second kappa shape index (κ2) is 5.97. The Morgan fingerprint density at radius 1 is 1.50 bits per heavy atom. The topological polar surface area (TPSA) is 68.1 Å². The summed E-state index contributed by atoms with van der Waals surface area (Å²) in [6.45, 7) is 2.40. The van der Waals surface area contributed by atoms with Gasteiger partial charge in [0.05, 0.1) is 13.9 Å². The van der Waals surface area contributed by atoms with Crippen LogP contribution in [0.1, 0.15) is 29.5 Å². The van der Waals surface area contributed by atoms with Crippen molar-refractivity contribution in [3.63, 3.8) is 0 Å². The number of rotatable bonds is 4. The van der Waals surface area contributed by atoms with Gasteiger partial charge in [-0.05, 0) is 14.4 Å². The van der Waals surface area contributed by atoms with Gasteiger partial charge >= 0.3 is 0 Å². The van der Waals surface area contributed by atoms with Gasteiger partial charge in [0.2, 0.25) is 5.91 Å². The molecule has 1 aliphatic rings. The van der Waals surface area contributed by atoms with Gasteiger partial charge in [-0.3, -0.25) is 14.5 Å². The molecule has 0 fully saturated rings. The maximum atomic E-state index is 12.3. The predicted octanol–water partition coefficient (Wildman–Crippen LogP) is 1.63. The molecule has 0 saturated heterocycles. The van der Waals surface area contributed by atoms with Gasteiger partial charge in [0.25, 0.3) is 5.91 Å². The highest BCUT2D eigenvalue weighted by Crippen LogP contribution is 2.66. The van der Waals surface area contributed by atoms with Gasteiger partial charge in [-0.1, -0.05) is 21.1 Å². The second-order valence-corrected chi connectivity index (χ2v) is 12.6. The van der Waals surface area contributed by atoms with Crippen molar-refractivity contribution in [1.82, 2.24) is 19.7 Å². The van der Waals surface area contributed by atoms with Crippen LogP contribution in [0.2, 0.25) is 0 Å². The lowest BCUT2D eigenvalue weighted by Gasteiger charge is -2.25. The Bertz CT molecular complexity index is 491. The number of fused-ring (bicyclic) bond motifs is 1. The van der Waals surface area contributed by atoms with E-state index in [-0.39, 0.29) is 18.2 Å². The van der Waals surface area contributed by atoms with Gasteiger partial charge in [0, 0.05) is 6.54 Å². The fraction of sp³-hybridized carbons (Fsp3) is 0.500. The summed E-state index contributed by atoms with van der Waals surface area (Å²) in [4.78, 5) is 25.5. The van der Waals surface area contributed by atoms with Gasteiger partial charge in [-0.25, -0.2) is 4.45 Å². The smallest absolute Gasteiger partial charge is 0.277 e. The quantitative estimate of drug-likeness (QED) is 0.624. The molecule has 0 bridgehead atoms. The third-order valence-electron chi connectivity index (χ3n) is 2.57. The van der Waals surface area contributed by atoms with Crippen LogP contribution in [0.5, 0.6) is 0 Å². The van der Waals surface area contributed by atoms with Crippen molar-refractivity contribution in [2.45, 2.75) is 19.8 Å². The van der Waals surface area contributed by atoms with Crippen molar-refractivity contribution in [2.75, 3.05) is 6.54 Å². The molecule has 18 heavy (non-hydrogen) atoms. The van der Waals surface area contributed by atoms with E-state index in [1.807, 2.05) is 6.92 Å². The molecule has 1 aromatic rings. The fourth-order valence-corrected chi connectivity index (χ4v) is 4.64. The first-order valence-corrected chi connectivity index (χ1v) is 12.0. The average Bonchev–Trinajstić information content (AvgIpc) is 2.77. The van der Waals surface area contributed by atoms with E-state index in [4.69, 9.17) is 0 Å². The van der Waals surface area contributed by atoms with Gasteiger partial charge in [-0.15, -0.1) is 14.0 Å². The molecule has 98 valence electrons. The summed E-state index contributed by atoms with van der Waals surface area (Å²) in [5, 5.41) is 7.98. The summed E-state index contributed by atoms with van der Waals surface area (Å²) in [7, 11) is 5.30.